The highest BCUT2D eigenvalue weighted by Crippen LogP contribution is 2.32. The summed E-state index contributed by atoms with van der Waals surface area (Å²) in [6.45, 7) is 8.55. The van der Waals surface area contributed by atoms with Gasteiger partial charge in [-0.1, -0.05) is 6.07 Å². The van der Waals surface area contributed by atoms with Crippen molar-refractivity contribution in [3.8, 4) is 0 Å². The van der Waals surface area contributed by atoms with Gasteiger partial charge in [-0.3, -0.25) is 9.88 Å². The zero-order valence-corrected chi connectivity index (χ0v) is 12.9. The molecule has 1 atom stereocenters. The third-order valence-electron chi connectivity index (χ3n) is 3.76. The molecule has 0 bridgehead atoms. The highest BCUT2D eigenvalue weighted by atomic mass is 32.1. The van der Waals surface area contributed by atoms with Crippen molar-refractivity contribution in [3.05, 3.63) is 51.5 Å². The molecule has 0 aromatic carbocycles. The van der Waals surface area contributed by atoms with Crippen LogP contribution in [0.2, 0.25) is 0 Å². The maximum Gasteiger partial charge on any atom is 0.0870 e. The van der Waals surface area contributed by atoms with Crippen LogP contribution in [0.3, 0.4) is 0 Å². The summed E-state index contributed by atoms with van der Waals surface area (Å²) in [4.78, 5) is 10.00. The van der Waals surface area contributed by atoms with Crippen LogP contribution in [0.5, 0.6) is 0 Å². The Balaban J connectivity index is 1.95. The van der Waals surface area contributed by atoms with E-state index in [9.17, 15) is 0 Å². The Labute approximate surface area is 124 Å². The summed E-state index contributed by atoms with van der Waals surface area (Å²) in [6.07, 6.45) is 1.98. The number of hydrogen-bond acceptors (Lipinski definition) is 4. The summed E-state index contributed by atoms with van der Waals surface area (Å²) >= 11 is 1.89. The maximum absolute atomic E-state index is 4.68. The van der Waals surface area contributed by atoms with Crippen LogP contribution in [0, 0.1) is 13.8 Å². The van der Waals surface area contributed by atoms with Gasteiger partial charge in [-0.2, -0.15) is 0 Å². The number of piperazine rings is 1. The molecule has 0 spiro atoms. The Hall–Kier alpha value is -1.23. The lowest BCUT2D eigenvalue weighted by Gasteiger charge is -2.34. The van der Waals surface area contributed by atoms with Crippen molar-refractivity contribution in [1.82, 2.24) is 15.2 Å². The Bertz CT molecular complexity index is 555. The summed E-state index contributed by atoms with van der Waals surface area (Å²) in [5.41, 5.74) is 2.38. The first-order valence-electron chi connectivity index (χ1n) is 7.18. The highest BCUT2D eigenvalue weighted by Gasteiger charge is 2.25. The molecule has 2 aromatic rings. The van der Waals surface area contributed by atoms with E-state index in [-0.39, 0.29) is 0 Å². The molecule has 0 aliphatic carbocycles. The Morgan fingerprint density at radius 2 is 1.95 bits per heavy atom. The molecule has 3 rings (SSSR count). The first kappa shape index (κ1) is 13.7. The third-order valence-corrected chi connectivity index (χ3v) is 4.81. The quantitative estimate of drug-likeness (QED) is 0.941. The van der Waals surface area contributed by atoms with Gasteiger partial charge in [0.2, 0.25) is 0 Å². The van der Waals surface area contributed by atoms with Crippen LogP contribution in [0.4, 0.5) is 0 Å². The van der Waals surface area contributed by atoms with E-state index >= 15 is 0 Å². The van der Waals surface area contributed by atoms with E-state index in [0.717, 1.165) is 26.2 Å². The molecule has 3 heterocycles. The number of pyridine rings is 1. The average Bonchev–Trinajstić information content (AvgIpc) is 2.89. The van der Waals surface area contributed by atoms with Crippen LogP contribution in [-0.2, 0) is 0 Å². The number of hydrogen-bond donors (Lipinski definition) is 1. The van der Waals surface area contributed by atoms with Gasteiger partial charge in [-0.05, 0) is 37.6 Å². The summed E-state index contributed by atoms with van der Waals surface area (Å²) < 4.78 is 0. The minimum atomic E-state index is 0.302. The standard InChI is InChI=1S/C16H21N3S/c1-12-3-5-14(18-11-12)16(15-6-4-13(2)20-15)19-9-7-17-8-10-19/h3-6,11,16-17H,7-10H2,1-2H3. The molecule has 1 N–H and O–H groups in total. The molecular formula is C16H21N3S. The zero-order valence-electron chi connectivity index (χ0n) is 12.1. The predicted molar refractivity (Wildman–Crippen MR) is 84.3 cm³/mol. The van der Waals surface area contributed by atoms with E-state index in [0.29, 0.717) is 6.04 Å². The number of aromatic nitrogens is 1. The second-order valence-electron chi connectivity index (χ2n) is 5.40. The fourth-order valence-corrected chi connectivity index (χ4v) is 3.72. The molecule has 1 aliphatic heterocycles. The highest BCUT2D eigenvalue weighted by molar-refractivity contribution is 7.12. The fourth-order valence-electron chi connectivity index (χ4n) is 2.69. The normalized spacial score (nSPS) is 18.1. The molecule has 4 heteroatoms. The number of nitrogens with one attached hydrogen (secondary N) is 1. The second kappa shape index (κ2) is 6.04. The average molecular weight is 287 g/mol. The van der Waals surface area contributed by atoms with Gasteiger partial charge < -0.3 is 5.32 Å². The second-order valence-corrected chi connectivity index (χ2v) is 6.72. The lowest BCUT2D eigenvalue weighted by molar-refractivity contribution is 0.198. The van der Waals surface area contributed by atoms with Crippen molar-refractivity contribution in [2.75, 3.05) is 26.2 Å². The maximum atomic E-state index is 4.68. The molecule has 1 aliphatic rings. The molecule has 0 saturated carbocycles. The van der Waals surface area contributed by atoms with Crippen molar-refractivity contribution < 1.29 is 0 Å². The van der Waals surface area contributed by atoms with E-state index < -0.39 is 0 Å². The van der Waals surface area contributed by atoms with Crippen LogP contribution in [0.15, 0.2) is 30.5 Å². The molecule has 1 fully saturated rings. The molecule has 1 unspecified atom stereocenters. The molecule has 1 saturated heterocycles. The van der Waals surface area contributed by atoms with Gasteiger partial charge >= 0.3 is 0 Å². The van der Waals surface area contributed by atoms with Crippen LogP contribution in [0.25, 0.3) is 0 Å². The van der Waals surface area contributed by atoms with Gasteiger partial charge in [0.25, 0.3) is 0 Å². The van der Waals surface area contributed by atoms with E-state index in [1.165, 1.54) is 21.0 Å². The first-order chi connectivity index (χ1) is 9.74. The molecule has 106 valence electrons. The fraction of sp³-hybridized carbons (Fsp3) is 0.438. The minimum absolute atomic E-state index is 0.302. The monoisotopic (exact) mass is 287 g/mol. The van der Waals surface area contributed by atoms with Gasteiger partial charge in [-0.15, -0.1) is 11.3 Å². The number of rotatable bonds is 3. The van der Waals surface area contributed by atoms with Crippen molar-refractivity contribution in [2.45, 2.75) is 19.9 Å². The van der Waals surface area contributed by atoms with Crippen LogP contribution >= 0.6 is 11.3 Å². The largest absolute Gasteiger partial charge is 0.314 e. The van der Waals surface area contributed by atoms with E-state index in [1.54, 1.807) is 0 Å². The van der Waals surface area contributed by atoms with Crippen molar-refractivity contribution in [2.24, 2.45) is 0 Å². The lowest BCUT2D eigenvalue weighted by atomic mass is 10.1. The summed E-state index contributed by atoms with van der Waals surface area (Å²) in [5.74, 6) is 0. The van der Waals surface area contributed by atoms with Gasteiger partial charge in [0, 0.05) is 42.1 Å². The molecule has 0 radical (unpaired) electrons. The van der Waals surface area contributed by atoms with E-state index in [1.807, 2.05) is 17.5 Å². The van der Waals surface area contributed by atoms with Crippen molar-refractivity contribution >= 4 is 11.3 Å². The lowest BCUT2D eigenvalue weighted by Crippen LogP contribution is -2.45. The number of thiophene rings is 1. The first-order valence-corrected chi connectivity index (χ1v) is 7.99. The SMILES string of the molecule is Cc1ccc(C(c2ccc(C)s2)N2CCNCC2)nc1. The smallest absolute Gasteiger partial charge is 0.0870 e. The Morgan fingerprint density at radius 1 is 1.15 bits per heavy atom. The molecule has 0 amide bonds. The summed E-state index contributed by atoms with van der Waals surface area (Å²) in [6, 6.07) is 9.11. The minimum Gasteiger partial charge on any atom is -0.314 e. The topological polar surface area (TPSA) is 28.2 Å². The zero-order chi connectivity index (χ0) is 13.9. The van der Waals surface area contributed by atoms with Gasteiger partial charge in [-0.25, -0.2) is 0 Å². The molecule has 3 nitrogen and oxygen atoms in total. The van der Waals surface area contributed by atoms with E-state index in [2.05, 4.69) is 53.3 Å². The molecular weight excluding hydrogens is 266 g/mol. The van der Waals surface area contributed by atoms with Crippen LogP contribution in [-0.4, -0.2) is 36.1 Å². The number of nitrogens with zero attached hydrogens (tertiary/aromatic N) is 2. The van der Waals surface area contributed by atoms with Crippen LogP contribution in [0.1, 0.15) is 27.1 Å². The molecule has 2 aromatic heterocycles. The van der Waals surface area contributed by atoms with Crippen molar-refractivity contribution in [3.63, 3.8) is 0 Å². The summed E-state index contributed by atoms with van der Waals surface area (Å²) in [5, 5.41) is 3.43. The third kappa shape index (κ3) is 2.92. The van der Waals surface area contributed by atoms with E-state index in [4.69, 9.17) is 0 Å². The Kier molecular flexibility index (Phi) is 4.15. The van der Waals surface area contributed by atoms with Gasteiger partial charge in [0.05, 0.1) is 11.7 Å². The van der Waals surface area contributed by atoms with Gasteiger partial charge in [0.1, 0.15) is 0 Å². The predicted octanol–water partition coefficient (Wildman–Crippen LogP) is 2.75. The molecule has 20 heavy (non-hydrogen) atoms. The van der Waals surface area contributed by atoms with Crippen LogP contribution < -0.4 is 5.32 Å². The summed E-state index contributed by atoms with van der Waals surface area (Å²) in [7, 11) is 0. The van der Waals surface area contributed by atoms with Gasteiger partial charge in [0.15, 0.2) is 0 Å². The Morgan fingerprint density at radius 3 is 2.55 bits per heavy atom. The van der Waals surface area contributed by atoms with Crippen molar-refractivity contribution in [1.29, 1.82) is 0 Å². The number of aryl methyl sites for hydroxylation is 2.